The van der Waals surface area contributed by atoms with Crippen LogP contribution in [-0.4, -0.2) is 15.6 Å². The first-order chi connectivity index (χ1) is 7.43. The fourth-order valence-electron chi connectivity index (χ4n) is 1.71. The van der Waals surface area contributed by atoms with Crippen LogP contribution in [0.4, 0.5) is 4.39 Å². The Morgan fingerprint density at radius 1 is 1.50 bits per heavy atom. The van der Waals surface area contributed by atoms with Crippen molar-refractivity contribution in [1.82, 2.24) is 4.57 Å². The maximum atomic E-state index is 13.5. The Kier molecular flexibility index (Phi) is 2.39. The van der Waals surface area contributed by atoms with Crippen molar-refractivity contribution in [3.8, 4) is 0 Å². The number of nitrogens with zero attached hydrogens (tertiary/aromatic N) is 1. The summed E-state index contributed by atoms with van der Waals surface area (Å²) in [6.45, 7) is 1.56. The number of benzene rings is 1. The lowest BCUT2D eigenvalue weighted by Crippen LogP contribution is -2.03. The number of aromatic carboxylic acids is 1. The normalized spacial score (nSPS) is 11.0. The van der Waals surface area contributed by atoms with Crippen LogP contribution in [0.3, 0.4) is 0 Å². The van der Waals surface area contributed by atoms with E-state index in [1.165, 1.54) is 16.7 Å². The zero-order valence-corrected chi connectivity index (χ0v) is 9.47. The van der Waals surface area contributed by atoms with Gasteiger partial charge < -0.3 is 9.67 Å². The number of aromatic nitrogens is 1. The van der Waals surface area contributed by atoms with Crippen LogP contribution in [0.1, 0.15) is 16.1 Å². The average Bonchev–Trinajstić information content (AvgIpc) is 2.54. The third kappa shape index (κ3) is 1.38. The van der Waals surface area contributed by atoms with Crippen LogP contribution in [0.5, 0.6) is 0 Å². The van der Waals surface area contributed by atoms with E-state index in [1.54, 1.807) is 14.0 Å². The van der Waals surface area contributed by atoms with Crippen LogP contribution in [0.25, 0.3) is 10.9 Å². The van der Waals surface area contributed by atoms with Crippen LogP contribution in [0.15, 0.2) is 12.1 Å². The molecular formula is C11H9ClFNO2. The molecule has 16 heavy (non-hydrogen) atoms. The summed E-state index contributed by atoms with van der Waals surface area (Å²) in [5, 5.41) is 9.76. The first kappa shape index (κ1) is 11.0. The molecule has 5 heteroatoms. The number of carboxylic acids is 1. The van der Waals surface area contributed by atoms with Gasteiger partial charge in [-0.05, 0) is 19.1 Å². The number of rotatable bonds is 1. The van der Waals surface area contributed by atoms with E-state index in [2.05, 4.69) is 0 Å². The summed E-state index contributed by atoms with van der Waals surface area (Å²) in [6.07, 6.45) is 0. The first-order valence-corrected chi connectivity index (χ1v) is 4.98. The summed E-state index contributed by atoms with van der Waals surface area (Å²) in [5.74, 6) is -1.50. The Morgan fingerprint density at radius 3 is 2.69 bits per heavy atom. The number of aryl methyl sites for hydroxylation is 1. The molecule has 0 saturated carbocycles. The number of hydrogen-bond donors (Lipinski definition) is 1. The summed E-state index contributed by atoms with van der Waals surface area (Å²) in [7, 11) is 1.57. The molecule has 2 aromatic rings. The van der Waals surface area contributed by atoms with Crippen LogP contribution in [0.2, 0.25) is 5.02 Å². The van der Waals surface area contributed by atoms with E-state index < -0.39 is 11.8 Å². The summed E-state index contributed by atoms with van der Waals surface area (Å²) in [5.41, 5.74) is 0.893. The molecule has 0 aliphatic carbocycles. The van der Waals surface area contributed by atoms with Gasteiger partial charge in [0.1, 0.15) is 11.5 Å². The molecule has 0 amide bonds. The molecule has 0 bridgehead atoms. The van der Waals surface area contributed by atoms with E-state index >= 15 is 0 Å². The van der Waals surface area contributed by atoms with Crippen molar-refractivity contribution in [2.24, 2.45) is 7.05 Å². The molecule has 3 nitrogen and oxygen atoms in total. The molecule has 1 aromatic carbocycles. The highest BCUT2D eigenvalue weighted by Gasteiger charge is 2.16. The summed E-state index contributed by atoms with van der Waals surface area (Å²) in [4.78, 5) is 10.9. The quantitative estimate of drug-likeness (QED) is 0.834. The van der Waals surface area contributed by atoms with Crippen molar-refractivity contribution >= 4 is 28.5 Å². The molecule has 0 spiro atoms. The monoisotopic (exact) mass is 241 g/mol. The molecule has 2 rings (SSSR count). The van der Waals surface area contributed by atoms with E-state index in [1.807, 2.05) is 0 Å². The van der Waals surface area contributed by atoms with Crippen LogP contribution >= 0.6 is 11.6 Å². The minimum Gasteiger partial charge on any atom is -0.477 e. The molecule has 0 fully saturated rings. The number of fused-ring (bicyclic) bond motifs is 1. The van der Waals surface area contributed by atoms with Crippen LogP contribution in [0, 0.1) is 12.7 Å². The second-order valence-corrected chi connectivity index (χ2v) is 4.00. The molecule has 0 aliphatic heterocycles. The fourth-order valence-corrected chi connectivity index (χ4v) is 1.95. The molecule has 0 radical (unpaired) electrons. The third-order valence-electron chi connectivity index (χ3n) is 2.69. The van der Waals surface area contributed by atoms with Gasteiger partial charge >= 0.3 is 5.97 Å². The highest BCUT2D eigenvalue weighted by Crippen LogP contribution is 2.31. The Hall–Kier alpha value is -1.55. The van der Waals surface area contributed by atoms with E-state index in [9.17, 15) is 9.18 Å². The summed E-state index contributed by atoms with van der Waals surface area (Å²) in [6, 6.07) is 2.75. The van der Waals surface area contributed by atoms with Gasteiger partial charge in [0.25, 0.3) is 0 Å². The Morgan fingerprint density at radius 2 is 2.12 bits per heavy atom. The predicted molar refractivity (Wildman–Crippen MR) is 59.6 cm³/mol. The highest BCUT2D eigenvalue weighted by atomic mass is 35.5. The number of hydrogen-bond acceptors (Lipinski definition) is 1. The predicted octanol–water partition coefficient (Wildman–Crippen LogP) is 2.98. The third-order valence-corrected chi connectivity index (χ3v) is 3.17. The highest BCUT2D eigenvalue weighted by molar-refractivity contribution is 6.36. The molecule has 0 aliphatic rings. The van der Waals surface area contributed by atoms with Gasteiger partial charge in [-0.25, -0.2) is 9.18 Å². The Labute approximate surface area is 96.1 Å². The number of carbonyl (C=O) groups is 1. The van der Waals surface area contributed by atoms with Crippen molar-refractivity contribution in [3.05, 3.63) is 34.2 Å². The maximum Gasteiger partial charge on any atom is 0.352 e. The molecule has 84 valence electrons. The van der Waals surface area contributed by atoms with E-state index in [4.69, 9.17) is 16.7 Å². The number of carboxylic acid groups (broad SMARTS) is 1. The van der Waals surface area contributed by atoms with Crippen molar-refractivity contribution in [2.45, 2.75) is 6.92 Å². The van der Waals surface area contributed by atoms with Gasteiger partial charge in [0.05, 0.1) is 10.5 Å². The molecule has 1 N–H and O–H groups in total. The minimum absolute atomic E-state index is 0.0851. The minimum atomic E-state index is -1.06. The maximum absolute atomic E-state index is 13.5. The van der Waals surface area contributed by atoms with E-state index in [-0.39, 0.29) is 10.7 Å². The smallest absolute Gasteiger partial charge is 0.352 e. The van der Waals surface area contributed by atoms with E-state index in [0.29, 0.717) is 16.5 Å². The second kappa shape index (κ2) is 3.49. The van der Waals surface area contributed by atoms with Gasteiger partial charge in [0.2, 0.25) is 0 Å². The Bertz CT molecular complexity index is 604. The van der Waals surface area contributed by atoms with Crippen molar-refractivity contribution in [1.29, 1.82) is 0 Å². The van der Waals surface area contributed by atoms with Crippen molar-refractivity contribution in [2.75, 3.05) is 0 Å². The number of halogens is 2. The lowest BCUT2D eigenvalue weighted by molar-refractivity contribution is 0.0687. The standard InChI is InChI=1S/C11H9ClFNO2/c1-5-7(13)4-8-6(10(5)12)3-9(11(15)16)14(8)2/h3-4H,1-2H3,(H,15,16). The summed E-state index contributed by atoms with van der Waals surface area (Å²) >= 11 is 5.98. The van der Waals surface area contributed by atoms with Gasteiger partial charge in [-0.3, -0.25) is 0 Å². The second-order valence-electron chi connectivity index (χ2n) is 3.62. The SMILES string of the molecule is Cc1c(F)cc2c(cc(C(=O)O)n2C)c1Cl. The van der Waals surface area contributed by atoms with Crippen LogP contribution < -0.4 is 0 Å². The molecule has 1 heterocycles. The van der Waals surface area contributed by atoms with E-state index in [0.717, 1.165) is 0 Å². The zero-order chi connectivity index (χ0) is 12.0. The van der Waals surface area contributed by atoms with Gasteiger partial charge in [0.15, 0.2) is 0 Å². The van der Waals surface area contributed by atoms with Gasteiger partial charge in [-0.2, -0.15) is 0 Å². The van der Waals surface area contributed by atoms with Crippen LogP contribution in [-0.2, 0) is 7.05 Å². The lowest BCUT2D eigenvalue weighted by atomic mass is 10.1. The van der Waals surface area contributed by atoms with Gasteiger partial charge in [-0.1, -0.05) is 11.6 Å². The molecule has 0 atom stereocenters. The lowest BCUT2D eigenvalue weighted by Gasteiger charge is -2.03. The topological polar surface area (TPSA) is 42.2 Å². The molecular weight excluding hydrogens is 233 g/mol. The molecule has 0 unspecified atom stereocenters. The average molecular weight is 242 g/mol. The molecule has 1 aromatic heterocycles. The largest absolute Gasteiger partial charge is 0.477 e. The van der Waals surface area contributed by atoms with Gasteiger partial charge in [-0.15, -0.1) is 0 Å². The van der Waals surface area contributed by atoms with Crippen molar-refractivity contribution < 1.29 is 14.3 Å². The first-order valence-electron chi connectivity index (χ1n) is 4.60. The van der Waals surface area contributed by atoms with Crippen molar-refractivity contribution in [3.63, 3.8) is 0 Å². The molecule has 0 saturated heterocycles. The fraction of sp³-hybridized carbons (Fsp3) is 0.182. The zero-order valence-electron chi connectivity index (χ0n) is 8.71. The Balaban J connectivity index is 2.92. The summed E-state index contributed by atoms with van der Waals surface area (Å²) < 4.78 is 14.9. The van der Waals surface area contributed by atoms with Gasteiger partial charge in [0, 0.05) is 18.0 Å².